The summed E-state index contributed by atoms with van der Waals surface area (Å²) < 4.78 is 27.3. The van der Waals surface area contributed by atoms with Gasteiger partial charge in [-0.3, -0.25) is 9.36 Å². The molecule has 3 rings (SSSR count). The zero-order chi connectivity index (χ0) is 17.5. The maximum atomic E-state index is 12.8. The topological polar surface area (TPSA) is 102 Å². The molecule has 2 aromatic rings. The summed E-state index contributed by atoms with van der Waals surface area (Å²) in [5.41, 5.74) is 0.159. The first-order chi connectivity index (χ1) is 11.4. The number of nitrogens with zero attached hydrogens (tertiary/aromatic N) is 5. The summed E-state index contributed by atoms with van der Waals surface area (Å²) in [5.74, 6) is 0.558. The minimum Gasteiger partial charge on any atom is -0.340 e. The Labute approximate surface area is 140 Å². The van der Waals surface area contributed by atoms with Crippen molar-refractivity contribution in [1.82, 2.24) is 24.4 Å². The van der Waals surface area contributed by atoms with Crippen LogP contribution in [-0.4, -0.2) is 59.5 Å². The van der Waals surface area contributed by atoms with Gasteiger partial charge in [-0.2, -0.15) is 9.97 Å². The molecule has 0 aromatic carbocycles. The summed E-state index contributed by atoms with van der Waals surface area (Å²) >= 11 is 0. The first-order valence-corrected chi connectivity index (χ1v) is 9.71. The number of aromatic nitrogens is 4. The van der Waals surface area contributed by atoms with E-state index in [9.17, 15) is 13.2 Å². The van der Waals surface area contributed by atoms with Crippen LogP contribution in [-0.2, 0) is 23.4 Å². The molecule has 1 saturated heterocycles. The Morgan fingerprint density at radius 1 is 1.17 bits per heavy atom. The predicted octanol–water partition coefficient (Wildman–Crippen LogP) is -0.647. The second kappa shape index (κ2) is 6.17. The lowest BCUT2D eigenvalue weighted by Gasteiger charge is -2.28. The van der Waals surface area contributed by atoms with E-state index in [2.05, 4.69) is 20.2 Å². The Balaban J connectivity index is 2.28. The molecular formula is C14H22N6O3S. The monoisotopic (exact) mass is 354 g/mol. The van der Waals surface area contributed by atoms with Crippen LogP contribution >= 0.6 is 0 Å². The Kier molecular flexibility index (Phi) is 4.35. The van der Waals surface area contributed by atoms with E-state index >= 15 is 0 Å². The summed E-state index contributed by atoms with van der Waals surface area (Å²) in [4.78, 5) is 23.5. The number of rotatable bonds is 4. The standard InChI is InChI=1S/C14H22N6O3S/c1-4-20-10-11(16-13(20)19-8-6-15-7-9-19)17-14(18(3)12(10)21)24(22,23)5-2/h15H,4-9H2,1-3H3. The van der Waals surface area contributed by atoms with E-state index in [1.807, 2.05) is 11.5 Å². The minimum atomic E-state index is -3.60. The smallest absolute Gasteiger partial charge is 0.280 e. The Hall–Kier alpha value is -1.94. The van der Waals surface area contributed by atoms with E-state index in [0.29, 0.717) is 18.0 Å². The average Bonchev–Trinajstić information content (AvgIpc) is 2.97. The fourth-order valence-corrected chi connectivity index (χ4v) is 3.93. The summed E-state index contributed by atoms with van der Waals surface area (Å²) in [6.07, 6.45) is 0. The van der Waals surface area contributed by atoms with Crippen LogP contribution in [0.2, 0.25) is 0 Å². The highest BCUT2D eigenvalue weighted by Crippen LogP contribution is 2.21. The number of anilines is 1. The molecule has 0 amide bonds. The maximum Gasteiger partial charge on any atom is 0.280 e. The molecule has 0 saturated carbocycles. The van der Waals surface area contributed by atoms with E-state index in [4.69, 9.17) is 0 Å². The summed E-state index contributed by atoms with van der Waals surface area (Å²) in [6.45, 7) is 7.27. The number of fused-ring (bicyclic) bond motifs is 1. The van der Waals surface area contributed by atoms with Crippen LogP contribution in [0.1, 0.15) is 13.8 Å². The van der Waals surface area contributed by atoms with E-state index in [0.717, 1.165) is 30.7 Å². The van der Waals surface area contributed by atoms with Crippen LogP contribution in [0.4, 0.5) is 5.95 Å². The van der Waals surface area contributed by atoms with Gasteiger partial charge in [0.15, 0.2) is 11.2 Å². The second-order valence-electron chi connectivity index (χ2n) is 5.73. The van der Waals surface area contributed by atoms with E-state index in [-0.39, 0.29) is 22.1 Å². The van der Waals surface area contributed by atoms with Crippen LogP contribution in [0.5, 0.6) is 0 Å². The zero-order valence-corrected chi connectivity index (χ0v) is 14.9. The minimum absolute atomic E-state index is 0.113. The van der Waals surface area contributed by atoms with Crippen molar-refractivity contribution in [1.29, 1.82) is 0 Å². The largest absolute Gasteiger partial charge is 0.340 e. The van der Waals surface area contributed by atoms with Crippen molar-refractivity contribution in [2.24, 2.45) is 7.05 Å². The van der Waals surface area contributed by atoms with E-state index in [1.165, 1.54) is 14.0 Å². The molecule has 1 N–H and O–H groups in total. The quantitative estimate of drug-likeness (QED) is 0.728. The molecule has 10 heteroatoms. The van der Waals surface area contributed by atoms with Gasteiger partial charge in [0.2, 0.25) is 20.9 Å². The lowest BCUT2D eigenvalue weighted by Crippen LogP contribution is -2.44. The fraction of sp³-hybridized carbons (Fsp3) is 0.643. The van der Waals surface area contributed by atoms with Gasteiger partial charge in [-0.15, -0.1) is 0 Å². The van der Waals surface area contributed by atoms with Gasteiger partial charge < -0.3 is 14.8 Å². The Bertz CT molecular complexity index is 924. The SMILES string of the molecule is CCn1c(N2CCNCC2)nc2nc(S(=O)(=O)CC)n(C)c(=O)c21. The lowest BCUT2D eigenvalue weighted by atomic mass is 10.4. The summed E-state index contributed by atoms with van der Waals surface area (Å²) in [6, 6.07) is 0. The molecule has 0 radical (unpaired) electrons. The first-order valence-electron chi connectivity index (χ1n) is 8.06. The van der Waals surface area contributed by atoms with Gasteiger partial charge in [0.1, 0.15) is 0 Å². The number of nitrogens with one attached hydrogen (secondary N) is 1. The normalized spacial score (nSPS) is 16.0. The molecule has 9 nitrogen and oxygen atoms in total. The number of imidazole rings is 1. The molecule has 0 aliphatic carbocycles. The Morgan fingerprint density at radius 2 is 1.83 bits per heavy atom. The van der Waals surface area contributed by atoms with Crippen LogP contribution in [0.25, 0.3) is 11.2 Å². The van der Waals surface area contributed by atoms with Crippen molar-refractivity contribution in [3.63, 3.8) is 0 Å². The molecule has 1 aliphatic rings. The van der Waals surface area contributed by atoms with Crippen LogP contribution in [0, 0.1) is 0 Å². The molecule has 2 aromatic heterocycles. The van der Waals surface area contributed by atoms with Gasteiger partial charge in [-0.25, -0.2) is 8.42 Å². The average molecular weight is 354 g/mol. The summed E-state index contributed by atoms with van der Waals surface area (Å²) in [5, 5.41) is 3.05. The van der Waals surface area contributed by atoms with Crippen molar-refractivity contribution in [3.05, 3.63) is 10.4 Å². The Morgan fingerprint density at radius 3 is 2.42 bits per heavy atom. The van der Waals surface area contributed by atoms with Gasteiger partial charge in [-0.1, -0.05) is 6.92 Å². The number of aryl methyl sites for hydroxylation is 1. The van der Waals surface area contributed by atoms with Gasteiger partial charge >= 0.3 is 0 Å². The zero-order valence-electron chi connectivity index (χ0n) is 14.1. The molecule has 24 heavy (non-hydrogen) atoms. The molecule has 1 aliphatic heterocycles. The van der Waals surface area contributed by atoms with Gasteiger partial charge in [0.05, 0.1) is 5.75 Å². The molecule has 0 bridgehead atoms. The van der Waals surface area contributed by atoms with Crippen molar-refractivity contribution in [2.75, 3.05) is 36.8 Å². The highest BCUT2D eigenvalue weighted by molar-refractivity contribution is 7.91. The van der Waals surface area contributed by atoms with Crippen molar-refractivity contribution in [3.8, 4) is 0 Å². The molecular weight excluding hydrogens is 332 g/mol. The fourth-order valence-electron chi connectivity index (χ4n) is 2.94. The lowest BCUT2D eigenvalue weighted by molar-refractivity contribution is 0.568. The third-order valence-corrected chi connectivity index (χ3v) is 5.98. The number of hydrogen-bond donors (Lipinski definition) is 1. The number of sulfone groups is 1. The molecule has 1 fully saturated rings. The highest BCUT2D eigenvalue weighted by Gasteiger charge is 2.25. The van der Waals surface area contributed by atoms with Crippen LogP contribution in [0.15, 0.2) is 9.95 Å². The maximum absolute atomic E-state index is 12.8. The van der Waals surface area contributed by atoms with E-state index < -0.39 is 9.84 Å². The molecule has 132 valence electrons. The molecule has 0 unspecified atom stereocenters. The van der Waals surface area contributed by atoms with Gasteiger partial charge in [0, 0.05) is 39.8 Å². The van der Waals surface area contributed by atoms with Gasteiger partial charge in [0.25, 0.3) is 5.56 Å². The van der Waals surface area contributed by atoms with Crippen molar-refractivity contribution >= 4 is 26.9 Å². The van der Waals surface area contributed by atoms with Gasteiger partial charge in [-0.05, 0) is 6.92 Å². The number of hydrogen-bond acceptors (Lipinski definition) is 7. The highest BCUT2D eigenvalue weighted by atomic mass is 32.2. The van der Waals surface area contributed by atoms with E-state index in [1.54, 1.807) is 0 Å². The molecule has 0 spiro atoms. The first kappa shape index (κ1) is 16.9. The van der Waals surface area contributed by atoms with Crippen LogP contribution in [0.3, 0.4) is 0 Å². The summed E-state index contributed by atoms with van der Waals surface area (Å²) in [7, 11) is -2.16. The van der Waals surface area contributed by atoms with Crippen molar-refractivity contribution < 1.29 is 8.42 Å². The van der Waals surface area contributed by atoms with Crippen LogP contribution < -0.4 is 15.8 Å². The molecule has 0 atom stereocenters. The predicted molar refractivity (Wildman–Crippen MR) is 91.3 cm³/mol. The second-order valence-corrected chi connectivity index (χ2v) is 7.90. The third-order valence-electron chi connectivity index (χ3n) is 4.30. The molecule has 3 heterocycles. The van der Waals surface area contributed by atoms with Crippen molar-refractivity contribution in [2.45, 2.75) is 25.5 Å². The third kappa shape index (κ3) is 2.59. The number of piperazine rings is 1.